The molecule has 1 aromatic carbocycles. The highest BCUT2D eigenvalue weighted by molar-refractivity contribution is 8.00. The van der Waals surface area contributed by atoms with Crippen LogP contribution >= 0.6 is 11.8 Å². The molecule has 2 N–H and O–H groups in total. The van der Waals surface area contributed by atoms with Gasteiger partial charge in [0.25, 0.3) is 11.6 Å². The van der Waals surface area contributed by atoms with E-state index in [9.17, 15) is 14.9 Å². The molecule has 2 rings (SSSR count). The Kier molecular flexibility index (Phi) is 4.72. The van der Waals surface area contributed by atoms with Gasteiger partial charge in [-0.3, -0.25) is 14.9 Å². The van der Waals surface area contributed by atoms with Crippen LogP contribution in [0, 0.1) is 10.1 Å². The second-order valence-corrected chi connectivity index (χ2v) is 7.01. The van der Waals surface area contributed by atoms with Gasteiger partial charge in [0, 0.05) is 30.0 Å². The molecule has 114 valence electrons. The topological polar surface area (TPSA) is 84.3 Å². The second kappa shape index (κ2) is 6.34. The molecule has 0 aliphatic carbocycles. The third kappa shape index (κ3) is 3.66. The quantitative estimate of drug-likeness (QED) is 0.645. The van der Waals surface area contributed by atoms with E-state index in [0.29, 0.717) is 17.8 Å². The third-order valence-electron chi connectivity index (χ3n) is 3.65. The van der Waals surface area contributed by atoms with Gasteiger partial charge in [-0.05, 0) is 37.7 Å². The summed E-state index contributed by atoms with van der Waals surface area (Å²) in [7, 11) is 1.60. The Bertz CT molecular complexity index is 556. The Labute approximate surface area is 127 Å². The predicted molar refractivity (Wildman–Crippen MR) is 85.1 cm³/mol. The third-order valence-corrected chi connectivity index (χ3v) is 5.19. The van der Waals surface area contributed by atoms with Crippen LogP contribution in [0.5, 0.6) is 0 Å². The Balaban J connectivity index is 2.07. The van der Waals surface area contributed by atoms with E-state index in [0.717, 1.165) is 12.2 Å². The van der Waals surface area contributed by atoms with Crippen LogP contribution in [-0.2, 0) is 0 Å². The average molecular weight is 309 g/mol. The molecular formula is C14H19N3O3S. The number of anilines is 1. The fraction of sp³-hybridized carbons (Fsp3) is 0.500. The average Bonchev–Trinajstić information content (AvgIpc) is 2.91. The van der Waals surface area contributed by atoms with Gasteiger partial charge in [0.05, 0.1) is 4.92 Å². The number of nitrogens with one attached hydrogen (secondary N) is 2. The molecular weight excluding hydrogens is 290 g/mol. The summed E-state index contributed by atoms with van der Waals surface area (Å²) in [5.41, 5.74) is 0.734. The van der Waals surface area contributed by atoms with Gasteiger partial charge < -0.3 is 10.6 Å². The van der Waals surface area contributed by atoms with Crippen LogP contribution < -0.4 is 10.6 Å². The van der Waals surface area contributed by atoms with E-state index in [2.05, 4.69) is 17.6 Å². The number of nitro benzene ring substituents is 1. The highest BCUT2D eigenvalue weighted by Crippen LogP contribution is 2.37. The summed E-state index contributed by atoms with van der Waals surface area (Å²) in [5, 5.41) is 16.5. The number of thioether (sulfide) groups is 1. The highest BCUT2D eigenvalue weighted by Gasteiger charge is 2.30. The van der Waals surface area contributed by atoms with Crippen LogP contribution in [0.1, 0.15) is 30.1 Å². The predicted octanol–water partition coefficient (Wildman–Crippen LogP) is 2.65. The number of carbonyl (C=O) groups excluding carboxylic acids is 1. The number of nitrogens with zero attached hydrogens (tertiary/aromatic N) is 1. The number of amides is 1. The minimum Gasteiger partial charge on any atom is -0.383 e. The van der Waals surface area contributed by atoms with E-state index >= 15 is 0 Å². The number of rotatable bonds is 5. The monoisotopic (exact) mass is 309 g/mol. The van der Waals surface area contributed by atoms with E-state index in [4.69, 9.17) is 0 Å². The normalized spacial score (nSPS) is 21.0. The van der Waals surface area contributed by atoms with Gasteiger partial charge in [0.1, 0.15) is 5.69 Å². The summed E-state index contributed by atoms with van der Waals surface area (Å²) in [6.07, 6.45) is 2.28. The Morgan fingerprint density at radius 1 is 1.52 bits per heavy atom. The lowest BCUT2D eigenvalue weighted by Gasteiger charge is -2.22. The van der Waals surface area contributed by atoms with Crippen LogP contribution in [0.4, 0.5) is 11.4 Å². The van der Waals surface area contributed by atoms with Crippen molar-refractivity contribution in [3.8, 4) is 0 Å². The van der Waals surface area contributed by atoms with Crippen molar-refractivity contribution in [3.05, 3.63) is 33.9 Å². The van der Waals surface area contributed by atoms with Crippen LogP contribution in [0.25, 0.3) is 0 Å². The summed E-state index contributed by atoms with van der Waals surface area (Å²) in [4.78, 5) is 22.6. The summed E-state index contributed by atoms with van der Waals surface area (Å²) in [6, 6.07) is 4.35. The lowest BCUT2D eigenvalue weighted by atomic mass is 10.1. The van der Waals surface area contributed by atoms with Crippen molar-refractivity contribution in [2.75, 3.05) is 24.7 Å². The maximum absolute atomic E-state index is 12.2. The van der Waals surface area contributed by atoms with Crippen molar-refractivity contribution >= 4 is 29.0 Å². The fourth-order valence-corrected chi connectivity index (χ4v) is 3.63. The number of carbonyl (C=O) groups is 1. The van der Waals surface area contributed by atoms with Crippen molar-refractivity contribution in [3.63, 3.8) is 0 Å². The van der Waals surface area contributed by atoms with E-state index < -0.39 is 4.92 Å². The summed E-state index contributed by atoms with van der Waals surface area (Å²) in [6.45, 7) is 2.77. The van der Waals surface area contributed by atoms with Crippen LogP contribution in [0.3, 0.4) is 0 Å². The Morgan fingerprint density at radius 2 is 2.29 bits per heavy atom. The van der Waals surface area contributed by atoms with E-state index in [1.807, 2.05) is 11.8 Å². The number of nitro groups is 1. The Morgan fingerprint density at radius 3 is 2.86 bits per heavy atom. The van der Waals surface area contributed by atoms with Crippen LogP contribution in [0.15, 0.2) is 18.2 Å². The van der Waals surface area contributed by atoms with Gasteiger partial charge in [-0.25, -0.2) is 0 Å². The van der Waals surface area contributed by atoms with Crippen molar-refractivity contribution in [2.45, 2.75) is 24.5 Å². The standard InChI is InChI=1S/C14H19N3O3S/c1-14(6-3-7-21-14)9-16-13(18)10-4-5-12(17(19)20)11(8-10)15-2/h4-5,8,15H,3,6-7,9H2,1-2H3,(H,16,18). The van der Waals surface area contributed by atoms with Crippen molar-refractivity contribution in [2.24, 2.45) is 0 Å². The molecule has 1 aliphatic rings. The molecule has 1 heterocycles. The second-order valence-electron chi connectivity index (χ2n) is 5.32. The molecule has 6 nitrogen and oxygen atoms in total. The van der Waals surface area contributed by atoms with Gasteiger partial charge in [-0.2, -0.15) is 11.8 Å². The number of benzene rings is 1. The van der Waals surface area contributed by atoms with E-state index in [-0.39, 0.29) is 16.3 Å². The molecule has 1 unspecified atom stereocenters. The lowest BCUT2D eigenvalue weighted by Crippen LogP contribution is -2.36. The molecule has 0 bridgehead atoms. The van der Waals surface area contributed by atoms with E-state index in [1.165, 1.54) is 24.6 Å². The molecule has 1 atom stereocenters. The Hall–Kier alpha value is -1.76. The summed E-state index contributed by atoms with van der Waals surface area (Å²) in [5.74, 6) is 0.934. The van der Waals surface area contributed by atoms with Gasteiger partial charge in [-0.15, -0.1) is 0 Å². The zero-order chi connectivity index (χ0) is 15.5. The van der Waals surface area contributed by atoms with Crippen molar-refractivity contribution < 1.29 is 9.72 Å². The van der Waals surface area contributed by atoms with Crippen LogP contribution in [0.2, 0.25) is 0 Å². The first-order valence-corrected chi connectivity index (χ1v) is 7.82. The molecule has 0 saturated carbocycles. The van der Waals surface area contributed by atoms with Crippen molar-refractivity contribution in [1.29, 1.82) is 0 Å². The molecule has 1 aliphatic heterocycles. The SMILES string of the molecule is CNc1cc(C(=O)NCC2(C)CCCS2)ccc1[N+](=O)[O-]. The molecule has 0 spiro atoms. The molecule has 1 fully saturated rings. The first kappa shape index (κ1) is 15.6. The minimum absolute atomic E-state index is 0.0349. The fourth-order valence-electron chi connectivity index (χ4n) is 2.38. The number of hydrogen-bond donors (Lipinski definition) is 2. The molecule has 1 saturated heterocycles. The largest absolute Gasteiger partial charge is 0.383 e. The molecule has 1 amide bonds. The minimum atomic E-state index is -0.469. The lowest BCUT2D eigenvalue weighted by molar-refractivity contribution is -0.383. The molecule has 0 radical (unpaired) electrons. The molecule has 1 aromatic rings. The van der Waals surface area contributed by atoms with Gasteiger partial charge >= 0.3 is 0 Å². The zero-order valence-corrected chi connectivity index (χ0v) is 13.0. The maximum Gasteiger partial charge on any atom is 0.292 e. The first-order valence-electron chi connectivity index (χ1n) is 6.83. The van der Waals surface area contributed by atoms with Crippen LogP contribution in [-0.4, -0.2) is 34.9 Å². The molecule has 7 heteroatoms. The highest BCUT2D eigenvalue weighted by atomic mass is 32.2. The number of hydrogen-bond acceptors (Lipinski definition) is 5. The summed E-state index contributed by atoms with van der Waals surface area (Å²) < 4.78 is 0.0995. The van der Waals surface area contributed by atoms with Crippen molar-refractivity contribution in [1.82, 2.24) is 5.32 Å². The van der Waals surface area contributed by atoms with E-state index in [1.54, 1.807) is 7.05 Å². The molecule has 0 aromatic heterocycles. The van der Waals surface area contributed by atoms with Gasteiger partial charge in [0.2, 0.25) is 0 Å². The smallest absolute Gasteiger partial charge is 0.292 e. The zero-order valence-electron chi connectivity index (χ0n) is 12.1. The summed E-state index contributed by atoms with van der Waals surface area (Å²) >= 11 is 1.88. The van der Waals surface area contributed by atoms with Gasteiger partial charge in [-0.1, -0.05) is 0 Å². The van der Waals surface area contributed by atoms with Gasteiger partial charge in [0.15, 0.2) is 0 Å². The molecule has 21 heavy (non-hydrogen) atoms. The first-order chi connectivity index (χ1) is 9.95. The maximum atomic E-state index is 12.2.